The van der Waals surface area contributed by atoms with E-state index in [4.69, 9.17) is 5.11 Å². The van der Waals surface area contributed by atoms with Crippen LogP contribution < -0.4 is 5.32 Å². The largest absolute Gasteiger partial charge is 0.481 e. The summed E-state index contributed by atoms with van der Waals surface area (Å²) in [5.41, 5.74) is 0. The van der Waals surface area contributed by atoms with E-state index in [-0.39, 0.29) is 18.0 Å². The second kappa shape index (κ2) is 6.36. The van der Waals surface area contributed by atoms with Crippen LogP contribution in [0.2, 0.25) is 0 Å². The second-order valence-corrected chi connectivity index (χ2v) is 6.87. The Morgan fingerprint density at radius 2 is 1.68 bits per heavy atom. The maximum absolute atomic E-state index is 12.0. The minimum absolute atomic E-state index is 0.110. The smallest absolute Gasteiger partial charge is 0.317 e. The maximum atomic E-state index is 12.0. The Labute approximate surface area is 115 Å². The van der Waals surface area contributed by atoms with Crippen LogP contribution in [0.5, 0.6) is 0 Å². The molecule has 0 saturated carbocycles. The van der Waals surface area contributed by atoms with Crippen molar-refractivity contribution in [3.05, 3.63) is 0 Å². The number of carbonyl (C=O) groups excluding carboxylic acids is 1. The topological polar surface area (TPSA) is 86.7 Å². The summed E-state index contributed by atoms with van der Waals surface area (Å²) in [6.07, 6.45) is 2.59. The quantitative estimate of drug-likeness (QED) is 0.770. The normalized spacial score (nSPS) is 28.9. The Balaban J connectivity index is 1.75. The van der Waals surface area contributed by atoms with Crippen molar-refractivity contribution in [3.8, 4) is 0 Å². The van der Waals surface area contributed by atoms with E-state index < -0.39 is 16.8 Å². The van der Waals surface area contributed by atoms with Crippen LogP contribution in [0.4, 0.5) is 4.79 Å². The van der Waals surface area contributed by atoms with Gasteiger partial charge in [0.1, 0.15) is 0 Å². The summed E-state index contributed by atoms with van der Waals surface area (Å²) in [6.45, 7) is 1.00. The number of urea groups is 1. The second-order valence-electron chi connectivity index (χ2n) is 5.17. The van der Waals surface area contributed by atoms with Crippen LogP contribution in [0.1, 0.15) is 25.7 Å². The fraction of sp³-hybridized carbons (Fsp3) is 0.833. The molecule has 0 aliphatic carbocycles. The lowest BCUT2D eigenvalue weighted by Crippen LogP contribution is -2.49. The number of rotatable bonds is 2. The maximum Gasteiger partial charge on any atom is 0.317 e. The third kappa shape index (κ3) is 3.92. The number of hydrogen-bond donors (Lipinski definition) is 2. The summed E-state index contributed by atoms with van der Waals surface area (Å²) < 4.78 is 11.2. The van der Waals surface area contributed by atoms with Gasteiger partial charge in [0.15, 0.2) is 0 Å². The number of hydrogen-bond acceptors (Lipinski definition) is 3. The summed E-state index contributed by atoms with van der Waals surface area (Å²) in [5, 5.41) is 11.9. The van der Waals surface area contributed by atoms with Gasteiger partial charge in [0, 0.05) is 41.4 Å². The average molecular weight is 288 g/mol. The predicted molar refractivity (Wildman–Crippen MR) is 71.4 cm³/mol. The van der Waals surface area contributed by atoms with Crippen LogP contribution in [-0.2, 0) is 15.6 Å². The van der Waals surface area contributed by atoms with Gasteiger partial charge in [-0.15, -0.1) is 0 Å². The van der Waals surface area contributed by atoms with Crippen molar-refractivity contribution in [1.29, 1.82) is 0 Å². The summed E-state index contributed by atoms with van der Waals surface area (Å²) in [5.74, 6) is 0.230. The molecule has 2 N–H and O–H groups in total. The first kappa shape index (κ1) is 14.3. The first-order valence-electron chi connectivity index (χ1n) is 6.69. The Morgan fingerprint density at radius 3 is 2.21 bits per heavy atom. The lowest BCUT2D eigenvalue weighted by atomic mass is 9.97. The van der Waals surface area contributed by atoms with Gasteiger partial charge in [-0.05, 0) is 25.7 Å². The van der Waals surface area contributed by atoms with Gasteiger partial charge in [-0.1, -0.05) is 0 Å². The fourth-order valence-electron chi connectivity index (χ4n) is 2.53. The molecule has 2 heterocycles. The summed E-state index contributed by atoms with van der Waals surface area (Å²) in [6, 6.07) is 0.00363. The minimum atomic E-state index is -0.769. The van der Waals surface area contributed by atoms with Crippen LogP contribution in [0, 0.1) is 5.92 Å². The number of carboxylic acid groups (broad SMARTS) is 1. The summed E-state index contributed by atoms with van der Waals surface area (Å²) >= 11 is 0. The summed E-state index contributed by atoms with van der Waals surface area (Å²) in [4.78, 5) is 24.5. The van der Waals surface area contributed by atoms with E-state index in [1.54, 1.807) is 4.90 Å². The molecular formula is C12H20N2O4S. The molecule has 0 aromatic heterocycles. The molecule has 0 aromatic carbocycles. The van der Waals surface area contributed by atoms with Crippen LogP contribution in [-0.4, -0.2) is 56.9 Å². The first-order valence-corrected chi connectivity index (χ1v) is 8.18. The van der Waals surface area contributed by atoms with E-state index >= 15 is 0 Å². The number of aliphatic carboxylic acids is 1. The van der Waals surface area contributed by atoms with Crippen molar-refractivity contribution in [1.82, 2.24) is 10.2 Å². The van der Waals surface area contributed by atoms with Gasteiger partial charge in [0.2, 0.25) is 0 Å². The van der Waals surface area contributed by atoms with Crippen molar-refractivity contribution in [2.45, 2.75) is 31.7 Å². The highest BCUT2D eigenvalue weighted by atomic mass is 32.2. The van der Waals surface area contributed by atoms with Crippen LogP contribution in [0.25, 0.3) is 0 Å². The zero-order valence-electron chi connectivity index (χ0n) is 10.8. The molecule has 0 spiro atoms. The van der Waals surface area contributed by atoms with Crippen molar-refractivity contribution in [3.63, 3.8) is 0 Å². The molecule has 2 rings (SSSR count). The first-order chi connectivity index (χ1) is 9.06. The molecule has 0 unspecified atom stereocenters. The molecule has 19 heavy (non-hydrogen) atoms. The van der Waals surface area contributed by atoms with E-state index in [1.165, 1.54) is 0 Å². The number of nitrogens with zero attached hydrogens (tertiary/aromatic N) is 1. The van der Waals surface area contributed by atoms with Gasteiger partial charge in [-0.2, -0.15) is 0 Å². The molecule has 7 heteroatoms. The molecule has 0 aromatic rings. The molecule has 0 radical (unpaired) electrons. The van der Waals surface area contributed by atoms with Crippen molar-refractivity contribution in [2.24, 2.45) is 5.92 Å². The van der Waals surface area contributed by atoms with E-state index in [2.05, 4.69) is 5.32 Å². The molecule has 2 fully saturated rings. The van der Waals surface area contributed by atoms with Crippen LogP contribution in [0.15, 0.2) is 0 Å². The predicted octanol–water partition coefficient (Wildman–Crippen LogP) is 0.404. The van der Waals surface area contributed by atoms with E-state index in [1.807, 2.05) is 0 Å². The SMILES string of the molecule is O=C(O)C1CCN(C(=O)NC2CCS(=O)CC2)CC1. The third-order valence-electron chi connectivity index (χ3n) is 3.85. The lowest BCUT2D eigenvalue weighted by Gasteiger charge is -2.32. The molecule has 2 saturated heterocycles. The molecule has 108 valence electrons. The van der Waals surface area contributed by atoms with E-state index in [0.29, 0.717) is 37.4 Å². The highest BCUT2D eigenvalue weighted by molar-refractivity contribution is 7.85. The number of nitrogens with one attached hydrogen (secondary N) is 1. The molecule has 2 aliphatic heterocycles. The number of amides is 2. The highest BCUT2D eigenvalue weighted by Gasteiger charge is 2.28. The average Bonchev–Trinajstić information content (AvgIpc) is 2.41. The van der Waals surface area contributed by atoms with Crippen LogP contribution >= 0.6 is 0 Å². The van der Waals surface area contributed by atoms with Gasteiger partial charge in [0.05, 0.1) is 5.92 Å². The molecule has 2 amide bonds. The van der Waals surface area contributed by atoms with Gasteiger partial charge in [-0.3, -0.25) is 9.00 Å². The summed E-state index contributed by atoms with van der Waals surface area (Å²) in [7, 11) is -0.721. The standard InChI is InChI=1S/C12H20N2O4S/c15-11(16)9-1-5-14(6-2-9)12(17)13-10-3-7-19(18)8-4-10/h9-10H,1-8H2,(H,13,17)(H,15,16). The third-order valence-corrected chi connectivity index (χ3v) is 5.23. The van der Waals surface area contributed by atoms with Gasteiger partial charge in [-0.25, -0.2) is 4.79 Å². The number of likely N-dealkylation sites (tertiary alicyclic amines) is 1. The van der Waals surface area contributed by atoms with Crippen LogP contribution in [0.3, 0.4) is 0 Å². The Morgan fingerprint density at radius 1 is 1.11 bits per heavy atom. The monoisotopic (exact) mass is 288 g/mol. The fourth-order valence-corrected chi connectivity index (χ4v) is 3.83. The van der Waals surface area contributed by atoms with Gasteiger partial charge < -0.3 is 15.3 Å². The van der Waals surface area contributed by atoms with Gasteiger partial charge in [0.25, 0.3) is 0 Å². The Hall–Kier alpha value is -1.11. The molecular weight excluding hydrogens is 268 g/mol. The van der Waals surface area contributed by atoms with Crippen molar-refractivity contribution in [2.75, 3.05) is 24.6 Å². The Kier molecular flexibility index (Phi) is 4.79. The van der Waals surface area contributed by atoms with Crippen molar-refractivity contribution < 1.29 is 18.9 Å². The zero-order valence-corrected chi connectivity index (χ0v) is 11.7. The van der Waals surface area contributed by atoms with Gasteiger partial charge >= 0.3 is 12.0 Å². The molecule has 0 atom stereocenters. The number of carboxylic acids is 1. The van der Waals surface area contributed by atoms with Crippen molar-refractivity contribution >= 4 is 22.8 Å². The number of piperidine rings is 1. The number of carbonyl (C=O) groups is 2. The minimum Gasteiger partial charge on any atom is -0.481 e. The Bertz CT molecular complexity index is 370. The molecule has 0 bridgehead atoms. The zero-order chi connectivity index (χ0) is 13.8. The highest BCUT2D eigenvalue weighted by Crippen LogP contribution is 2.18. The van der Waals surface area contributed by atoms with E-state index in [9.17, 15) is 13.8 Å². The lowest BCUT2D eigenvalue weighted by molar-refractivity contribution is -0.143. The molecule has 6 nitrogen and oxygen atoms in total. The van der Waals surface area contributed by atoms with E-state index in [0.717, 1.165) is 12.8 Å². The molecule has 2 aliphatic rings.